The van der Waals surface area contributed by atoms with Crippen molar-refractivity contribution < 1.29 is 17.9 Å². The number of methoxy groups -OCH3 is 1. The normalized spacial score (nSPS) is 11.7. The van der Waals surface area contributed by atoms with Gasteiger partial charge in [-0.3, -0.25) is 9.59 Å². The van der Waals surface area contributed by atoms with Gasteiger partial charge in [-0.1, -0.05) is 13.8 Å². The molecule has 0 saturated heterocycles. The number of carbonyl (C=O) groups excluding carboxylic acids is 1. The lowest BCUT2D eigenvalue weighted by atomic mass is 10.4. The summed E-state index contributed by atoms with van der Waals surface area (Å²) in [5, 5.41) is 2.58. The molecule has 130 valence electrons. The zero-order chi connectivity index (χ0) is 17.5. The molecule has 0 aliphatic carbocycles. The van der Waals surface area contributed by atoms with Crippen LogP contribution in [0.2, 0.25) is 0 Å². The summed E-state index contributed by atoms with van der Waals surface area (Å²) < 4.78 is 32.1. The quantitative estimate of drug-likeness (QED) is 0.617. The highest BCUT2D eigenvalue weighted by Gasteiger charge is 2.22. The first-order valence-electron chi connectivity index (χ1n) is 7.33. The van der Waals surface area contributed by atoms with E-state index in [1.807, 2.05) is 0 Å². The molecule has 1 aromatic heterocycles. The van der Waals surface area contributed by atoms with Gasteiger partial charge in [0, 0.05) is 39.0 Å². The van der Waals surface area contributed by atoms with E-state index < -0.39 is 15.6 Å². The number of aromatic nitrogens is 1. The molecule has 0 aliphatic heterocycles. The number of ether oxygens (including phenoxy) is 1. The summed E-state index contributed by atoms with van der Waals surface area (Å²) in [6, 6.07) is 2.41. The Hall–Kier alpha value is -1.71. The second kappa shape index (κ2) is 8.80. The van der Waals surface area contributed by atoms with Gasteiger partial charge in [0.1, 0.15) is 6.54 Å². The first-order chi connectivity index (χ1) is 10.9. The highest BCUT2D eigenvalue weighted by atomic mass is 32.2. The fraction of sp³-hybridized carbons (Fsp3) is 0.571. The van der Waals surface area contributed by atoms with Crippen molar-refractivity contribution in [2.75, 3.05) is 33.4 Å². The number of pyridine rings is 1. The van der Waals surface area contributed by atoms with Crippen LogP contribution in [0.25, 0.3) is 0 Å². The van der Waals surface area contributed by atoms with Gasteiger partial charge in [-0.05, 0) is 6.07 Å². The van der Waals surface area contributed by atoms with E-state index >= 15 is 0 Å². The van der Waals surface area contributed by atoms with E-state index in [-0.39, 0.29) is 17.3 Å². The summed E-state index contributed by atoms with van der Waals surface area (Å²) in [5.74, 6) is -0.387. The second-order valence-electron chi connectivity index (χ2n) is 4.76. The van der Waals surface area contributed by atoms with E-state index in [4.69, 9.17) is 4.74 Å². The maximum absolute atomic E-state index is 12.4. The Morgan fingerprint density at radius 2 is 1.96 bits per heavy atom. The molecule has 1 amide bonds. The first-order valence-corrected chi connectivity index (χ1v) is 8.77. The molecule has 0 spiro atoms. The van der Waals surface area contributed by atoms with Crippen molar-refractivity contribution in [2.24, 2.45) is 0 Å². The van der Waals surface area contributed by atoms with E-state index in [0.717, 1.165) is 10.6 Å². The molecule has 23 heavy (non-hydrogen) atoms. The SMILES string of the molecule is CCN(CC)S(=O)(=O)c1ccc(=O)n(CC(=O)NCCOC)c1. The zero-order valence-electron chi connectivity index (χ0n) is 13.6. The monoisotopic (exact) mass is 345 g/mol. The predicted molar refractivity (Wildman–Crippen MR) is 85.7 cm³/mol. The van der Waals surface area contributed by atoms with E-state index in [1.54, 1.807) is 13.8 Å². The van der Waals surface area contributed by atoms with Crippen LogP contribution in [0, 0.1) is 0 Å². The molecule has 0 aromatic carbocycles. The van der Waals surface area contributed by atoms with Crippen LogP contribution in [-0.2, 0) is 26.1 Å². The Labute approximate surface area is 136 Å². The maximum atomic E-state index is 12.4. The van der Waals surface area contributed by atoms with Crippen LogP contribution in [0.3, 0.4) is 0 Å². The van der Waals surface area contributed by atoms with Crippen LogP contribution >= 0.6 is 0 Å². The van der Waals surface area contributed by atoms with Gasteiger partial charge in [-0.15, -0.1) is 0 Å². The summed E-state index contributed by atoms with van der Waals surface area (Å²) in [6.07, 6.45) is 1.20. The van der Waals surface area contributed by atoms with Gasteiger partial charge in [0.15, 0.2) is 0 Å². The van der Waals surface area contributed by atoms with E-state index in [9.17, 15) is 18.0 Å². The molecule has 0 radical (unpaired) electrons. The largest absolute Gasteiger partial charge is 0.383 e. The molecule has 1 N–H and O–H groups in total. The highest BCUT2D eigenvalue weighted by Crippen LogP contribution is 2.13. The molecule has 0 fully saturated rings. The molecule has 0 bridgehead atoms. The van der Waals surface area contributed by atoms with E-state index in [1.165, 1.54) is 23.7 Å². The number of amides is 1. The zero-order valence-corrected chi connectivity index (χ0v) is 14.4. The van der Waals surface area contributed by atoms with Crippen molar-refractivity contribution >= 4 is 15.9 Å². The number of sulfonamides is 1. The molecule has 1 aromatic rings. The van der Waals surface area contributed by atoms with Crippen LogP contribution in [0.4, 0.5) is 0 Å². The molecular weight excluding hydrogens is 322 g/mol. The van der Waals surface area contributed by atoms with Crippen molar-refractivity contribution in [1.82, 2.24) is 14.2 Å². The lowest BCUT2D eigenvalue weighted by molar-refractivity contribution is -0.121. The highest BCUT2D eigenvalue weighted by molar-refractivity contribution is 7.89. The van der Waals surface area contributed by atoms with Crippen molar-refractivity contribution in [3.63, 3.8) is 0 Å². The Morgan fingerprint density at radius 1 is 1.30 bits per heavy atom. The van der Waals surface area contributed by atoms with Crippen molar-refractivity contribution in [2.45, 2.75) is 25.3 Å². The van der Waals surface area contributed by atoms with Crippen LogP contribution in [0.15, 0.2) is 28.0 Å². The van der Waals surface area contributed by atoms with Gasteiger partial charge >= 0.3 is 0 Å². The minimum atomic E-state index is -3.68. The average molecular weight is 345 g/mol. The Balaban J connectivity index is 3.00. The fourth-order valence-corrected chi connectivity index (χ4v) is 3.48. The topological polar surface area (TPSA) is 97.7 Å². The third kappa shape index (κ3) is 5.15. The summed E-state index contributed by atoms with van der Waals surface area (Å²) in [7, 11) is -2.16. The number of rotatable bonds is 9. The predicted octanol–water partition coefficient (Wildman–Crippen LogP) is -0.359. The third-order valence-electron chi connectivity index (χ3n) is 3.24. The van der Waals surface area contributed by atoms with Crippen molar-refractivity contribution in [3.8, 4) is 0 Å². The minimum Gasteiger partial charge on any atom is -0.383 e. The molecular formula is C14H23N3O5S. The summed E-state index contributed by atoms with van der Waals surface area (Å²) in [5.41, 5.74) is -0.439. The Kier molecular flexibility index (Phi) is 7.40. The number of hydrogen-bond donors (Lipinski definition) is 1. The van der Waals surface area contributed by atoms with Crippen molar-refractivity contribution in [3.05, 3.63) is 28.7 Å². The molecule has 0 unspecified atom stereocenters. The lowest BCUT2D eigenvalue weighted by Gasteiger charge is -2.19. The number of nitrogens with one attached hydrogen (secondary N) is 1. The van der Waals surface area contributed by atoms with E-state index in [0.29, 0.717) is 26.2 Å². The van der Waals surface area contributed by atoms with Crippen molar-refractivity contribution in [1.29, 1.82) is 0 Å². The van der Waals surface area contributed by atoms with Gasteiger partial charge in [0.2, 0.25) is 15.9 Å². The Bertz CT molecular complexity index is 680. The molecule has 1 rings (SSSR count). The lowest BCUT2D eigenvalue weighted by Crippen LogP contribution is -2.35. The molecule has 1 heterocycles. The molecule has 0 aliphatic rings. The van der Waals surface area contributed by atoms with Crippen LogP contribution < -0.4 is 10.9 Å². The Morgan fingerprint density at radius 3 is 2.52 bits per heavy atom. The molecule has 8 nitrogen and oxygen atoms in total. The van der Waals surface area contributed by atoms with Gasteiger partial charge in [0.05, 0.1) is 11.5 Å². The summed E-state index contributed by atoms with van der Waals surface area (Å²) in [4.78, 5) is 23.6. The molecule has 9 heteroatoms. The first kappa shape index (κ1) is 19.3. The summed E-state index contributed by atoms with van der Waals surface area (Å²) in [6.45, 7) is 4.56. The molecule has 0 atom stereocenters. The smallest absolute Gasteiger partial charge is 0.251 e. The minimum absolute atomic E-state index is 0.00880. The molecule has 0 saturated carbocycles. The van der Waals surface area contributed by atoms with Gasteiger partial charge in [-0.25, -0.2) is 8.42 Å². The number of carbonyl (C=O) groups is 1. The third-order valence-corrected chi connectivity index (χ3v) is 5.28. The maximum Gasteiger partial charge on any atom is 0.251 e. The van der Waals surface area contributed by atoms with Gasteiger partial charge in [0.25, 0.3) is 5.56 Å². The van der Waals surface area contributed by atoms with Crippen LogP contribution in [-0.4, -0.2) is 56.5 Å². The average Bonchev–Trinajstić information content (AvgIpc) is 2.50. The van der Waals surface area contributed by atoms with E-state index in [2.05, 4.69) is 5.32 Å². The standard InChI is InChI=1S/C14H23N3O5S/c1-4-17(5-2)23(20,21)12-6-7-14(19)16(10-12)11-13(18)15-8-9-22-3/h6-7,10H,4-5,8-9,11H2,1-3H3,(H,15,18). The van der Waals surface area contributed by atoms with Gasteiger partial charge < -0.3 is 14.6 Å². The second-order valence-corrected chi connectivity index (χ2v) is 6.70. The van der Waals surface area contributed by atoms with Crippen LogP contribution in [0.5, 0.6) is 0 Å². The fourth-order valence-electron chi connectivity index (χ4n) is 2.00. The van der Waals surface area contributed by atoms with Gasteiger partial charge in [-0.2, -0.15) is 4.31 Å². The summed E-state index contributed by atoms with van der Waals surface area (Å²) >= 11 is 0. The number of nitrogens with zero attached hydrogens (tertiary/aromatic N) is 2. The van der Waals surface area contributed by atoms with Crippen LogP contribution in [0.1, 0.15) is 13.8 Å². The number of hydrogen-bond acceptors (Lipinski definition) is 5.